The molecule has 0 aromatic heterocycles. The molecule has 0 atom stereocenters. The van der Waals surface area contributed by atoms with E-state index in [-0.39, 0.29) is 11.2 Å². The zero-order valence-electron chi connectivity index (χ0n) is 12.9. The largest absolute Gasteiger partial charge is 0.381 e. The van der Waals surface area contributed by atoms with Crippen LogP contribution in [0.5, 0.6) is 0 Å². The maximum Gasteiger partial charge on any atom is 0.209 e. The molecule has 1 fully saturated rings. The minimum absolute atomic E-state index is 0.0799. The maximum absolute atomic E-state index is 11.4. The summed E-state index contributed by atoms with van der Waals surface area (Å²) >= 11 is 0. The minimum Gasteiger partial charge on any atom is -0.381 e. The topological polar surface area (TPSA) is 69.4 Å². The van der Waals surface area contributed by atoms with Crippen molar-refractivity contribution < 1.29 is 13.2 Å². The highest BCUT2D eigenvalue weighted by atomic mass is 32.2. The highest BCUT2D eigenvalue weighted by molar-refractivity contribution is 7.89. The molecule has 0 unspecified atom stereocenters. The van der Waals surface area contributed by atoms with Crippen LogP contribution in [-0.4, -0.2) is 27.4 Å². The second-order valence-corrected chi connectivity index (χ2v) is 7.95. The first-order valence-electron chi connectivity index (χ1n) is 8.06. The van der Waals surface area contributed by atoms with Gasteiger partial charge in [0, 0.05) is 12.0 Å². The van der Waals surface area contributed by atoms with Gasteiger partial charge in [0.05, 0.1) is 12.4 Å². The van der Waals surface area contributed by atoms with E-state index < -0.39 is 10.0 Å². The van der Waals surface area contributed by atoms with E-state index in [0.717, 1.165) is 38.7 Å². The molecule has 0 aliphatic heterocycles. The number of ether oxygens (including phenoxy) is 1. The van der Waals surface area contributed by atoms with E-state index >= 15 is 0 Å². The molecule has 120 valence electrons. The Morgan fingerprint density at radius 1 is 1.05 bits per heavy atom. The first-order valence-corrected chi connectivity index (χ1v) is 9.77. The van der Waals surface area contributed by atoms with Gasteiger partial charge in [-0.15, -0.1) is 0 Å². The summed E-state index contributed by atoms with van der Waals surface area (Å²) in [6.45, 7) is 3.52. The van der Waals surface area contributed by atoms with Gasteiger partial charge < -0.3 is 4.74 Å². The third-order valence-electron chi connectivity index (χ3n) is 4.22. The van der Waals surface area contributed by atoms with Crippen molar-refractivity contribution in [1.82, 2.24) is 0 Å². The number of unbranched alkanes of at least 4 members (excludes halogenated alkanes) is 5. The van der Waals surface area contributed by atoms with Crippen LogP contribution >= 0.6 is 0 Å². The van der Waals surface area contributed by atoms with Crippen LogP contribution in [0.4, 0.5) is 0 Å². The Bertz CT molecular complexity index is 348. The molecule has 2 N–H and O–H groups in total. The Labute approximate surface area is 124 Å². The molecule has 0 spiro atoms. The molecule has 1 aliphatic carbocycles. The summed E-state index contributed by atoms with van der Waals surface area (Å²) in [6.07, 6.45) is 11.5. The number of hydrogen-bond acceptors (Lipinski definition) is 3. The van der Waals surface area contributed by atoms with E-state index in [2.05, 4.69) is 6.92 Å². The minimum atomic E-state index is -3.40. The number of primary sulfonamides is 1. The monoisotopic (exact) mass is 305 g/mol. The maximum atomic E-state index is 11.4. The van der Waals surface area contributed by atoms with Gasteiger partial charge in [-0.05, 0) is 19.3 Å². The van der Waals surface area contributed by atoms with E-state index in [1.807, 2.05) is 0 Å². The van der Waals surface area contributed by atoms with Gasteiger partial charge in [0.2, 0.25) is 10.0 Å². The Hall–Kier alpha value is -0.130. The lowest BCUT2D eigenvalue weighted by atomic mass is 9.90. The van der Waals surface area contributed by atoms with Crippen molar-refractivity contribution in [1.29, 1.82) is 0 Å². The molecule has 0 radical (unpaired) electrons. The van der Waals surface area contributed by atoms with Gasteiger partial charge in [0.15, 0.2) is 0 Å². The van der Waals surface area contributed by atoms with Gasteiger partial charge in [-0.2, -0.15) is 0 Å². The van der Waals surface area contributed by atoms with Crippen molar-refractivity contribution in [3.05, 3.63) is 0 Å². The van der Waals surface area contributed by atoms with Crippen LogP contribution in [0.15, 0.2) is 0 Å². The molecule has 0 aromatic carbocycles. The highest BCUT2D eigenvalue weighted by Gasteiger charge is 2.37. The molecular weight excluding hydrogens is 274 g/mol. The summed E-state index contributed by atoms with van der Waals surface area (Å²) < 4.78 is 28.5. The summed E-state index contributed by atoms with van der Waals surface area (Å²) in [5.74, 6) is 0.0799. The van der Waals surface area contributed by atoms with Crippen LogP contribution in [0, 0.1) is 5.41 Å². The number of nitrogens with two attached hydrogens (primary N) is 1. The lowest BCUT2D eigenvalue weighted by Gasteiger charge is -2.27. The molecule has 4 nitrogen and oxygen atoms in total. The van der Waals surface area contributed by atoms with Gasteiger partial charge in [-0.25, -0.2) is 13.6 Å². The van der Waals surface area contributed by atoms with E-state index in [1.165, 1.54) is 32.1 Å². The summed E-state index contributed by atoms with van der Waals surface area (Å²) in [4.78, 5) is 0. The smallest absolute Gasteiger partial charge is 0.209 e. The van der Waals surface area contributed by atoms with E-state index in [0.29, 0.717) is 6.61 Å². The van der Waals surface area contributed by atoms with Crippen LogP contribution < -0.4 is 5.14 Å². The third kappa shape index (κ3) is 7.60. The molecule has 0 amide bonds. The molecule has 0 saturated heterocycles. The lowest BCUT2D eigenvalue weighted by Crippen LogP contribution is -2.35. The lowest BCUT2D eigenvalue weighted by molar-refractivity contribution is 0.0556. The van der Waals surface area contributed by atoms with Crippen molar-refractivity contribution in [3.8, 4) is 0 Å². The molecule has 0 bridgehead atoms. The normalized spacial score (nSPS) is 18.5. The van der Waals surface area contributed by atoms with E-state index in [1.54, 1.807) is 0 Å². The van der Waals surface area contributed by atoms with Crippen LogP contribution in [-0.2, 0) is 14.8 Å². The first-order chi connectivity index (χ1) is 9.47. The summed E-state index contributed by atoms with van der Waals surface area (Å²) in [5.41, 5.74) is -0.213. The molecule has 1 rings (SSSR count). The first kappa shape index (κ1) is 17.9. The number of rotatable bonds is 11. The Morgan fingerprint density at radius 2 is 1.65 bits per heavy atom. The number of sulfonamides is 1. The number of hydrogen-bond donors (Lipinski definition) is 1. The average molecular weight is 305 g/mol. The van der Waals surface area contributed by atoms with Crippen LogP contribution in [0.1, 0.15) is 71.1 Å². The van der Waals surface area contributed by atoms with Gasteiger partial charge in [-0.1, -0.05) is 51.9 Å². The molecule has 0 aromatic rings. The molecule has 1 aliphatic rings. The van der Waals surface area contributed by atoms with Gasteiger partial charge in [-0.3, -0.25) is 0 Å². The van der Waals surface area contributed by atoms with Crippen LogP contribution in [0.3, 0.4) is 0 Å². The summed E-state index contributed by atoms with van der Waals surface area (Å²) in [7, 11) is -3.40. The molecule has 0 heterocycles. The SMILES string of the molecule is CCCCCCCCOCC1(CS(N)(=O)=O)CCCC1. The van der Waals surface area contributed by atoms with Gasteiger partial charge >= 0.3 is 0 Å². The Balaban J connectivity index is 2.17. The van der Waals surface area contributed by atoms with Crippen molar-refractivity contribution >= 4 is 10.0 Å². The standard InChI is InChI=1S/C15H31NO3S/c1-2-3-4-5-6-9-12-19-13-15(10-7-8-11-15)14-20(16,17)18/h2-14H2,1H3,(H2,16,17,18). The molecule has 20 heavy (non-hydrogen) atoms. The fraction of sp³-hybridized carbons (Fsp3) is 1.00. The second kappa shape index (κ2) is 9.00. The average Bonchev–Trinajstić information content (AvgIpc) is 2.79. The molecular formula is C15H31NO3S. The van der Waals surface area contributed by atoms with Crippen molar-refractivity contribution in [2.75, 3.05) is 19.0 Å². The van der Waals surface area contributed by atoms with Gasteiger partial charge in [0.25, 0.3) is 0 Å². The fourth-order valence-electron chi connectivity index (χ4n) is 3.16. The summed E-state index contributed by atoms with van der Waals surface area (Å²) in [6, 6.07) is 0. The van der Waals surface area contributed by atoms with Crippen molar-refractivity contribution in [2.45, 2.75) is 71.1 Å². The summed E-state index contributed by atoms with van der Waals surface area (Å²) in [5, 5.41) is 5.22. The Kier molecular flexibility index (Phi) is 8.07. The second-order valence-electron chi connectivity index (χ2n) is 6.33. The van der Waals surface area contributed by atoms with E-state index in [4.69, 9.17) is 9.88 Å². The van der Waals surface area contributed by atoms with E-state index in [9.17, 15) is 8.42 Å². The third-order valence-corrected chi connectivity index (χ3v) is 5.24. The quantitative estimate of drug-likeness (QED) is 0.596. The van der Waals surface area contributed by atoms with Gasteiger partial charge in [0.1, 0.15) is 0 Å². The molecule has 1 saturated carbocycles. The van der Waals surface area contributed by atoms with Crippen LogP contribution in [0.25, 0.3) is 0 Å². The van der Waals surface area contributed by atoms with Crippen LogP contribution in [0.2, 0.25) is 0 Å². The highest BCUT2D eigenvalue weighted by Crippen LogP contribution is 2.39. The predicted molar refractivity (Wildman–Crippen MR) is 83.1 cm³/mol. The fourth-order valence-corrected chi connectivity index (χ4v) is 4.38. The zero-order valence-corrected chi connectivity index (χ0v) is 13.7. The Morgan fingerprint density at radius 3 is 2.25 bits per heavy atom. The van der Waals surface area contributed by atoms with Crippen molar-refractivity contribution in [3.63, 3.8) is 0 Å². The molecule has 5 heteroatoms. The predicted octanol–water partition coefficient (Wildman–Crippen LogP) is 3.21. The zero-order chi connectivity index (χ0) is 14.9. The van der Waals surface area contributed by atoms with Crippen molar-refractivity contribution in [2.24, 2.45) is 10.6 Å².